The maximum atomic E-state index is 3.16. The van der Waals surface area contributed by atoms with Crippen molar-refractivity contribution in [1.82, 2.24) is 10.2 Å². The summed E-state index contributed by atoms with van der Waals surface area (Å²) in [4.78, 5) is 2.30. The van der Waals surface area contributed by atoms with Crippen LogP contribution in [0.4, 0.5) is 0 Å². The molecule has 1 rings (SSSR count). The second-order valence-corrected chi connectivity index (χ2v) is 3.68. The zero-order valence-corrected chi connectivity index (χ0v) is 9.38. The van der Waals surface area contributed by atoms with Gasteiger partial charge in [-0.3, -0.25) is 0 Å². The van der Waals surface area contributed by atoms with Crippen molar-refractivity contribution in [2.45, 2.75) is 20.0 Å². The second kappa shape index (κ2) is 5.78. The fourth-order valence-electron chi connectivity index (χ4n) is 1.47. The summed E-state index contributed by atoms with van der Waals surface area (Å²) in [6.07, 6.45) is 0. The van der Waals surface area contributed by atoms with Crippen molar-refractivity contribution in [2.24, 2.45) is 0 Å². The van der Waals surface area contributed by atoms with Gasteiger partial charge in [0.25, 0.3) is 0 Å². The highest BCUT2D eigenvalue weighted by Gasteiger charge is 1.98. The van der Waals surface area contributed by atoms with E-state index in [0.717, 1.165) is 19.6 Å². The average Bonchev–Trinajstić information content (AvgIpc) is 2.19. The van der Waals surface area contributed by atoms with Gasteiger partial charge in [0.1, 0.15) is 0 Å². The lowest BCUT2D eigenvalue weighted by molar-refractivity contribution is 0.345. The van der Waals surface area contributed by atoms with Gasteiger partial charge >= 0.3 is 0 Å². The summed E-state index contributed by atoms with van der Waals surface area (Å²) in [5.41, 5.74) is 2.75. The van der Waals surface area contributed by atoms with Gasteiger partial charge in [-0.25, -0.2) is 0 Å². The molecular formula is C12H20N2. The first kappa shape index (κ1) is 11.2. The van der Waals surface area contributed by atoms with Gasteiger partial charge in [-0.1, -0.05) is 31.2 Å². The molecule has 14 heavy (non-hydrogen) atoms. The zero-order chi connectivity index (χ0) is 10.4. The van der Waals surface area contributed by atoms with Crippen molar-refractivity contribution in [1.29, 1.82) is 0 Å². The molecule has 1 aromatic rings. The van der Waals surface area contributed by atoms with E-state index in [-0.39, 0.29) is 0 Å². The zero-order valence-electron chi connectivity index (χ0n) is 9.38. The normalized spacial score (nSPS) is 10.9. The van der Waals surface area contributed by atoms with Gasteiger partial charge in [0, 0.05) is 13.1 Å². The third-order valence-corrected chi connectivity index (χ3v) is 2.36. The van der Waals surface area contributed by atoms with E-state index in [9.17, 15) is 0 Å². The van der Waals surface area contributed by atoms with Crippen LogP contribution in [0.1, 0.15) is 18.1 Å². The molecule has 0 fully saturated rings. The Hall–Kier alpha value is -0.860. The fourth-order valence-corrected chi connectivity index (χ4v) is 1.47. The standard InChI is InChI=1S/C12H20N2/c1-4-14(3)10-12-7-5-6-11(8-12)9-13-2/h5-8,13H,4,9-10H2,1-3H3. The second-order valence-electron chi connectivity index (χ2n) is 3.68. The van der Waals surface area contributed by atoms with Crippen LogP contribution in [0, 0.1) is 0 Å². The molecule has 0 saturated heterocycles. The topological polar surface area (TPSA) is 15.3 Å². The minimum absolute atomic E-state index is 0.948. The van der Waals surface area contributed by atoms with Gasteiger partial charge in [-0.2, -0.15) is 0 Å². The van der Waals surface area contributed by atoms with Gasteiger partial charge < -0.3 is 10.2 Å². The van der Waals surface area contributed by atoms with Crippen LogP contribution in [-0.4, -0.2) is 25.5 Å². The minimum atomic E-state index is 0.948. The lowest BCUT2D eigenvalue weighted by Crippen LogP contribution is -2.17. The lowest BCUT2D eigenvalue weighted by Gasteiger charge is -2.14. The number of hydrogen-bond acceptors (Lipinski definition) is 2. The van der Waals surface area contributed by atoms with Crippen molar-refractivity contribution < 1.29 is 0 Å². The third-order valence-electron chi connectivity index (χ3n) is 2.36. The fraction of sp³-hybridized carbons (Fsp3) is 0.500. The van der Waals surface area contributed by atoms with Crippen LogP contribution in [0.3, 0.4) is 0 Å². The Kier molecular flexibility index (Phi) is 4.63. The molecule has 0 saturated carbocycles. The smallest absolute Gasteiger partial charge is 0.0230 e. The van der Waals surface area contributed by atoms with Crippen LogP contribution in [0.5, 0.6) is 0 Å². The van der Waals surface area contributed by atoms with E-state index >= 15 is 0 Å². The Balaban J connectivity index is 2.63. The SMILES string of the molecule is CCN(C)Cc1cccc(CNC)c1. The molecule has 2 heteroatoms. The van der Waals surface area contributed by atoms with Crippen LogP contribution >= 0.6 is 0 Å². The molecule has 2 nitrogen and oxygen atoms in total. The average molecular weight is 192 g/mol. The highest BCUT2D eigenvalue weighted by Crippen LogP contribution is 2.07. The molecule has 0 amide bonds. The summed E-state index contributed by atoms with van der Waals surface area (Å²) in [6, 6.07) is 8.74. The molecule has 0 bridgehead atoms. The predicted molar refractivity (Wildman–Crippen MR) is 61.2 cm³/mol. The Bertz CT molecular complexity index is 271. The van der Waals surface area contributed by atoms with E-state index in [2.05, 4.69) is 48.5 Å². The summed E-state index contributed by atoms with van der Waals surface area (Å²) in [6.45, 7) is 5.26. The molecule has 1 aromatic carbocycles. The Morgan fingerprint density at radius 3 is 2.64 bits per heavy atom. The highest BCUT2D eigenvalue weighted by atomic mass is 15.1. The van der Waals surface area contributed by atoms with Gasteiger partial charge in [-0.05, 0) is 31.8 Å². The van der Waals surface area contributed by atoms with Crippen molar-refractivity contribution in [3.63, 3.8) is 0 Å². The molecular weight excluding hydrogens is 172 g/mol. The number of nitrogens with one attached hydrogen (secondary N) is 1. The van der Waals surface area contributed by atoms with E-state index in [1.165, 1.54) is 11.1 Å². The lowest BCUT2D eigenvalue weighted by atomic mass is 10.1. The molecule has 0 radical (unpaired) electrons. The van der Waals surface area contributed by atoms with Crippen molar-refractivity contribution in [3.8, 4) is 0 Å². The summed E-state index contributed by atoms with van der Waals surface area (Å²) in [5.74, 6) is 0. The molecule has 0 aliphatic rings. The Morgan fingerprint density at radius 2 is 2.00 bits per heavy atom. The van der Waals surface area contributed by atoms with E-state index in [0.29, 0.717) is 0 Å². The Morgan fingerprint density at radius 1 is 1.29 bits per heavy atom. The number of nitrogens with zero attached hydrogens (tertiary/aromatic N) is 1. The van der Waals surface area contributed by atoms with Crippen LogP contribution in [0.15, 0.2) is 24.3 Å². The molecule has 0 atom stereocenters. The van der Waals surface area contributed by atoms with Crippen LogP contribution in [0.2, 0.25) is 0 Å². The molecule has 0 aromatic heterocycles. The summed E-state index contributed by atoms with van der Waals surface area (Å²) < 4.78 is 0. The highest BCUT2D eigenvalue weighted by molar-refractivity contribution is 5.23. The number of benzene rings is 1. The molecule has 0 spiro atoms. The van der Waals surface area contributed by atoms with Crippen LogP contribution < -0.4 is 5.32 Å². The first-order valence-corrected chi connectivity index (χ1v) is 5.17. The van der Waals surface area contributed by atoms with Crippen molar-refractivity contribution in [2.75, 3.05) is 20.6 Å². The van der Waals surface area contributed by atoms with Crippen LogP contribution in [-0.2, 0) is 13.1 Å². The summed E-state index contributed by atoms with van der Waals surface area (Å²) >= 11 is 0. The maximum Gasteiger partial charge on any atom is 0.0230 e. The van der Waals surface area contributed by atoms with Crippen molar-refractivity contribution >= 4 is 0 Å². The molecule has 0 aliphatic carbocycles. The molecule has 1 N–H and O–H groups in total. The maximum absolute atomic E-state index is 3.16. The van der Waals surface area contributed by atoms with E-state index in [1.807, 2.05) is 7.05 Å². The summed E-state index contributed by atoms with van der Waals surface area (Å²) in [7, 11) is 4.12. The molecule has 0 heterocycles. The van der Waals surface area contributed by atoms with Gasteiger partial charge in [0.2, 0.25) is 0 Å². The van der Waals surface area contributed by atoms with Crippen LogP contribution in [0.25, 0.3) is 0 Å². The monoisotopic (exact) mass is 192 g/mol. The predicted octanol–water partition coefficient (Wildman–Crippen LogP) is 1.86. The molecule has 78 valence electrons. The van der Waals surface area contributed by atoms with E-state index in [1.54, 1.807) is 0 Å². The van der Waals surface area contributed by atoms with Gasteiger partial charge in [0.15, 0.2) is 0 Å². The van der Waals surface area contributed by atoms with Crippen molar-refractivity contribution in [3.05, 3.63) is 35.4 Å². The Labute approximate surface area is 86.9 Å². The quantitative estimate of drug-likeness (QED) is 0.766. The minimum Gasteiger partial charge on any atom is -0.316 e. The first-order valence-electron chi connectivity index (χ1n) is 5.17. The van der Waals surface area contributed by atoms with E-state index < -0.39 is 0 Å². The van der Waals surface area contributed by atoms with Gasteiger partial charge in [0.05, 0.1) is 0 Å². The first-order chi connectivity index (χ1) is 6.76. The molecule has 0 aliphatic heterocycles. The van der Waals surface area contributed by atoms with E-state index in [4.69, 9.17) is 0 Å². The third kappa shape index (κ3) is 3.48. The molecule has 0 unspecified atom stereocenters. The largest absolute Gasteiger partial charge is 0.316 e. The number of rotatable bonds is 5. The summed E-state index contributed by atoms with van der Waals surface area (Å²) in [5, 5.41) is 3.16. The number of hydrogen-bond donors (Lipinski definition) is 1. The van der Waals surface area contributed by atoms with Gasteiger partial charge in [-0.15, -0.1) is 0 Å².